The summed E-state index contributed by atoms with van der Waals surface area (Å²) < 4.78 is 5.10. The van der Waals surface area contributed by atoms with Crippen molar-refractivity contribution >= 4 is 17.4 Å². The van der Waals surface area contributed by atoms with Crippen molar-refractivity contribution in [2.45, 2.75) is 19.0 Å². The van der Waals surface area contributed by atoms with Gasteiger partial charge in [-0.05, 0) is 19.1 Å². The van der Waals surface area contributed by atoms with E-state index in [-0.39, 0.29) is 11.8 Å². The maximum atomic E-state index is 12.7. The van der Waals surface area contributed by atoms with Crippen LogP contribution in [0, 0.1) is 0 Å². The van der Waals surface area contributed by atoms with Gasteiger partial charge in [-0.3, -0.25) is 4.79 Å². The van der Waals surface area contributed by atoms with E-state index >= 15 is 0 Å². The molecule has 1 fully saturated rings. The van der Waals surface area contributed by atoms with Gasteiger partial charge in [0.1, 0.15) is 6.04 Å². The van der Waals surface area contributed by atoms with E-state index in [1.165, 1.54) is 0 Å². The lowest BCUT2D eigenvalue weighted by atomic mass is 10.1. The number of carbonyl (C=O) groups is 2. The molecule has 2 atom stereocenters. The molecule has 1 aliphatic heterocycles. The van der Waals surface area contributed by atoms with Gasteiger partial charge in [-0.2, -0.15) is 0 Å². The van der Waals surface area contributed by atoms with Crippen LogP contribution in [0.3, 0.4) is 0 Å². The zero-order valence-electron chi connectivity index (χ0n) is 12.3. The van der Waals surface area contributed by atoms with Gasteiger partial charge in [0, 0.05) is 11.3 Å². The Balaban J connectivity index is 1.87. The van der Waals surface area contributed by atoms with Crippen molar-refractivity contribution in [1.82, 2.24) is 0 Å². The fourth-order valence-corrected chi connectivity index (χ4v) is 2.67. The van der Waals surface area contributed by atoms with Gasteiger partial charge in [0.2, 0.25) is 0 Å². The highest BCUT2D eigenvalue weighted by molar-refractivity contribution is 6.11. The summed E-state index contributed by atoms with van der Waals surface area (Å²) in [5.41, 5.74) is 1.47. The van der Waals surface area contributed by atoms with Crippen LogP contribution in [0.4, 0.5) is 5.69 Å². The Bertz CT molecular complexity index is 669. The smallest absolute Gasteiger partial charge is 0.331 e. The van der Waals surface area contributed by atoms with Crippen LogP contribution in [0.15, 0.2) is 60.7 Å². The number of para-hydroxylation sites is 1. The minimum Gasteiger partial charge on any atom is -0.464 e. The summed E-state index contributed by atoms with van der Waals surface area (Å²) in [5.74, 6) is -0.400. The van der Waals surface area contributed by atoms with Crippen molar-refractivity contribution in [2.75, 3.05) is 11.5 Å². The molecule has 0 unspecified atom stereocenters. The van der Waals surface area contributed by atoms with E-state index in [0.717, 1.165) is 5.69 Å². The molecule has 0 saturated carbocycles. The minimum atomic E-state index is -0.532. The van der Waals surface area contributed by atoms with Crippen LogP contribution in [0.25, 0.3) is 0 Å². The van der Waals surface area contributed by atoms with Gasteiger partial charge < -0.3 is 9.64 Å². The Kier molecular flexibility index (Phi) is 3.92. The molecule has 1 heterocycles. The van der Waals surface area contributed by atoms with Crippen LogP contribution < -0.4 is 4.90 Å². The highest BCUT2D eigenvalue weighted by atomic mass is 16.5. The Morgan fingerprint density at radius 3 is 2.14 bits per heavy atom. The van der Waals surface area contributed by atoms with Gasteiger partial charge in [0.25, 0.3) is 0 Å². The molecule has 112 valence electrons. The molecule has 2 aromatic carbocycles. The number of ketones is 1. The largest absolute Gasteiger partial charge is 0.464 e. The van der Waals surface area contributed by atoms with Crippen LogP contribution in [0.1, 0.15) is 17.3 Å². The highest BCUT2D eigenvalue weighted by Crippen LogP contribution is 2.37. The Labute approximate surface area is 129 Å². The quantitative estimate of drug-likeness (QED) is 0.483. The normalized spacial score (nSPS) is 19.6. The van der Waals surface area contributed by atoms with E-state index < -0.39 is 12.1 Å². The van der Waals surface area contributed by atoms with E-state index in [4.69, 9.17) is 4.74 Å². The number of Topliss-reactive ketones (excluding diaryl/α,β-unsaturated/α-hetero) is 1. The molecule has 0 bridgehead atoms. The van der Waals surface area contributed by atoms with E-state index in [1.54, 1.807) is 19.1 Å². The Morgan fingerprint density at radius 2 is 1.55 bits per heavy atom. The van der Waals surface area contributed by atoms with Crippen LogP contribution >= 0.6 is 0 Å². The zero-order valence-corrected chi connectivity index (χ0v) is 12.3. The molecule has 1 saturated heterocycles. The van der Waals surface area contributed by atoms with Gasteiger partial charge >= 0.3 is 5.97 Å². The third-order valence-corrected chi connectivity index (χ3v) is 3.72. The van der Waals surface area contributed by atoms with E-state index in [1.807, 2.05) is 53.4 Å². The van der Waals surface area contributed by atoms with E-state index in [2.05, 4.69) is 0 Å². The van der Waals surface area contributed by atoms with Crippen LogP contribution in [0.5, 0.6) is 0 Å². The SMILES string of the molecule is CCOC(=O)[C@H]1[C@@H](C(=O)c2ccccc2)N1c1ccccc1. The summed E-state index contributed by atoms with van der Waals surface area (Å²) in [6.45, 7) is 2.07. The molecular weight excluding hydrogens is 278 g/mol. The standard InChI is InChI=1S/C18H17NO3/c1-2-22-18(21)16-15(17(20)13-9-5-3-6-10-13)19(16)14-11-7-4-8-12-14/h3-12,15-16H,2H2,1H3/t15-,16+,19?/m0/s1. The number of rotatable bonds is 5. The predicted octanol–water partition coefficient (Wildman–Crippen LogP) is 2.69. The summed E-state index contributed by atoms with van der Waals surface area (Å²) in [5, 5.41) is 0. The fraction of sp³-hybridized carbons (Fsp3) is 0.222. The van der Waals surface area contributed by atoms with Crippen molar-refractivity contribution in [1.29, 1.82) is 0 Å². The second-order valence-electron chi connectivity index (χ2n) is 5.11. The van der Waals surface area contributed by atoms with E-state index in [9.17, 15) is 9.59 Å². The monoisotopic (exact) mass is 295 g/mol. The molecule has 0 spiro atoms. The number of hydrogen-bond acceptors (Lipinski definition) is 4. The number of hydrogen-bond donors (Lipinski definition) is 0. The lowest BCUT2D eigenvalue weighted by molar-refractivity contribution is -0.142. The summed E-state index contributed by atoms with van der Waals surface area (Å²) in [6.07, 6.45) is 0. The van der Waals surface area contributed by atoms with Crippen molar-refractivity contribution < 1.29 is 14.3 Å². The molecule has 0 aromatic heterocycles. The van der Waals surface area contributed by atoms with Gasteiger partial charge in [0.15, 0.2) is 11.8 Å². The number of anilines is 1. The van der Waals surface area contributed by atoms with Gasteiger partial charge in [0.05, 0.1) is 6.61 Å². The van der Waals surface area contributed by atoms with Crippen LogP contribution in [-0.4, -0.2) is 30.4 Å². The molecular formula is C18H17NO3. The number of nitrogens with zero attached hydrogens (tertiary/aromatic N) is 1. The zero-order chi connectivity index (χ0) is 15.5. The minimum absolute atomic E-state index is 0.0532. The summed E-state index contributed by atoms with van der Waals surface area (Å²) in [7, 11) is 0. The average molecular weight is 295 g/mol. The third kappa shape index (κ3) is 2.60. The van der Waals surface area contributed by atoms with Crippen molar-refractivity contribution in [2.24, 2.45) is 0 Å². The van der Waals surface area contributed by atoms with Crippen LogP contribution in [0.2, 0.25) is 0 Å². The Morgan fingerprint density at radius 1 is 0.955 bits per heavy atom. The molecule has 4 heteroatoms. The summed E-state index contributed by atoms with van der Waals surface area (Å²) >= 11 is 0. The van der Waals surface area contributed by atoms with Crippen molar-refractivity contribution in [3.8, 4) is 0 Å². The van der Waals surface area contributed by atoms with Crippen LogP contribution in [-0.2, 0) is 9.53 Å². The lowest BCUT2D eigenvalue weighted by Crippen LogP contribution is -2.18. The second kappa shape index (κ2) is 6.02. The number of benzene rings is 2. The fourth-order valence-electron chi connectivity index (χ4n) is 2.67. The first-order valence-corrected chi connectivity index (χ1v) is 7.33. The first kappa shape index (κ1) is 14.3. The topological polar surface area (TPSA) is 46.4 Å². The molecule has 4 nitrogen and oxygen atoms in total. The van der Waals surface area contributed by atoms with Gasteiger partial charge in [-0.25, -0.2) is 4.79 Å². The van der Waals surface area contributed by atoms with Gasteiger partial charge in [-0.1, -0.05) is 48.5 Å². The molecule has 22 heavy (non-hydrogen) atoms. The highest BCUT2D eigenvalue weighted by Gasteiger charge is 2.57. The molecule has 0 amide bonds. The predicted molar refractivity (Wildman–Crippen MR) is 83.9 cm³/mol. The summed E-state index contributed by atoms with van der Waals surface area (Å²) in [4.78, 5) is 26.6. The van der Waals surface area contributed by atoms with Crippen molar-refractivity contribution in [3.05, 3.63) is 66.2 Å². The molecule has 0 N–H and O–H groups in total. The number of carbonyl (C=O) groups excluding carboxylic acids is 2. The molecule has 0 radical (unpaired) electrons. The van der Waals surface area contributed by atoms with Gasteiger partial charge in [-0.15, -0.1) is 0 Å². The van der Waals surface area contributed by atoms with Crippen molar-refractivity contribution in [3.63, 3.8) is 0 Å². The third-order valence-electron chi connectivity index (χ3n) is 3.72. The molecule has 3 rings (SSSR count). The molecule has 0 aliphatic carbocycles. The second-order valence-corrected chi connectivity index (χ2v) is 5.11. The first-order chi connectivity index (χ1) is 10.7. The summed E-state index contributed by atoms with van der Waals surface area (Å²) in [6, 6.07) is 17.5. The maximum Gasteiger partial charge on any atom is 0.331 e. The maximum absolute atomic E-state index is 12.7. The number of esters is 1. The molecule has 1 aliphatic rings. The number of ether oxygens (including phenoxy) is 1. The average Bonchev–Trinajstić information content (AvgIpc) is 3.32. The molecule has 2 aromatic rings. The first-order valence-electron chi connectivity index (χ1n) is 7.33. The Hall–Kier alpha value is -2.62. The van der Waals surface area contributed by atoms with E-state index in [0.29, 0.717) is 12.2 Å². The lowest BCUT2D eigenvalue weighted by Gasteiger charge is -2.05.